The standard InChI is InChI=1S/C83H103ClF3N11O13S4/c1-54(56-19-24-66-70(41-56)111-50-68-76(66)113-53-88-68)78(102)90-73-43-62(99)48-98(73)80(104)77(81(2,3)4)91-74(100)15-11-6-7-12-16-75(101)96-34-31-94(32-35-96)52-82(5)29-27-65(55-17-21-59(84)22-18-55)58(45-82)46-95-33-36-97-61(47-95)49-110-71-42-57(20-26-69(71)97)79(103)92-115(107,108)64-23-25-67(72(44-64)114(105,106)83(85,86)87)89-60(28-30-93-37-39-109-40-38-93)51-112-63-13-9-8-10-14-63/h8-10,13-14,17-26,41-42,44,53-54,60-62,73,77,89,99H,6-7,11-12,15-16,27-40,43,45-52H2,1-5H3,(H,90,102)(H,91,100)(H,92,103)/t54-,60-,61+,62-,73+,77-,82-/m1/s1. The van der Waals surface area contributed by atoms with Crippen molar-refractivity contribution in [2.75, 3.05) is 121 Å². The van der Waals surface area contributed by atoms with Gasteiger partial charge < -0.3 is 50.0 Å². The first kappa shape index (κ1) is 85.0. The summed E-state index contributed by atoms with van der Waals surface area (Å²) in [5.41, 5.74) is 1.77. The Morgan fingerprint density at radius 3 is 2.29 bits per heavy atom. The topological polar surface area (TPSA) is 282 Å². The highest BCUT2D eigenvalue weighted by atomic mass is 35.5. The molecule has 0 radical (unpaired) electrons. The van der Waals surface area contributed by atoms with E-state index < -0.39 is 82.4 Å². The average molecular weight is 1680 g/mol. The highest BCUT2D eigenvalue weighted by Gasteiger charge is 2.49. The van der Waals surface area contributed by atoms with Crippen molar-refractivity contribution >= 4 is 101 Å². The van der Waals surface area contributed by atoms with E-state index in [1.807, 2.05) is 91.1 Å². The van der Waals surface area contributed by atoms with Crippen LogP contribution < -0.4 is 35.0 Å². The van der Waals surface area contributed by atoms with Gasteiger partial charge in [0, 0.05) is 137 Å². The normalized spacial score (nSPS) is 21.2. The number of likely N-dealkylation sites (tertiary alicyclic amines) is 1. The number of nitrogens with zero attached hydrogens (tertiary/aromatic N) is 7. The summed E-state index contributed by atoms with van der Waals surface area (Å²) < 4.78 is 118. The van der Waals surface area contributed by atoms with Crippen LogP contribution in [0.4, 0.5) is 24.5 Å². The number of alkyl halides is 3. The number of β-amino-alcohol motifs (C(OH)–C–C–N with tert-alkyl or cyclic N) is 1. The summed E-state index contributed by atoms with van der Waals surface area (Å²) in [7, 11) is -11.1. The number of halogens is 4. The molecule has 5 aromatic carbocycles. The number of morpholine rings is 1. The number of nitrogens with one attached hydrogen (secondary N) is 4. The third-order valence-corrected chi connectivity index (χ3v) is 28.2. The maximum atomic E-state index is 14.5. The third-order valence-electron chi connectivity index (χ3n) is 23.0. The Hall–Kier alpha value is -7.85. The zero-order valence-electron chi connectivity index (χ0n) is 65.6. The molecule has 4 fully saturated rings. The number of thiazole rings is 1. The number of thioether (sulfide) groups is 1. The first-order valence-electron chi connectivity index (χ1n) is 39.6. The molecule has 4 saturated heterocycles. The first-order valence-corrected chi connectivity index (χ1v) is 44.8. The fourth-order valence-electron chi connectivity index (χ4n) is 16.6. The molecule has 1 aromatic heterocycles. The maximum Gasteiger partial charge on any atom is 0.501 e. The third kappa shape index (κ3) is 20.8. The number of anilines is 2. The van der Waals surface area contributed by atoms with Gasteiger partial charge in [0.2, 0.25) is 23.6 Å². The predicted molar refractivity (Wildman–Crippen MR) is 437 cm³/mol. The predicted octanol–water partition coefficient (Wildman–Crippen LogP) is 11.4. The Morgan fingerprint density at radius 1 is 0.809 bits per heavy atom. The molecule has 5 amide bonds. The maximum absolute atomic E-state index is 14.5. The fourth-order valence-corrected chi connectivity index (χ4v) is 20.5. The van der Waals surface area contributed by atoms with Crippen molar-refractivity contribution in [2.45, 2.75) is 168 Å². The molecule has 0 bridgehead atoms. The number of carbonyl (C=O) groups excluding carboxylic acids is 5. The van der Waals surface area contributed by atoms with Crippen LogP contribution in [0, 0.1) is 10.8 Å². The summed E-state index contributed by atoms with van der Waals surface area (Å²) in [6.45, 7) is 19.6. The van der Waals surface area contributed by atoms with Crippen LogP contribution in [0.3, 0.4) is 0 Å². The van der Waals surface area contributed by atoms with Gasteiger partial charge in [-0.15, -0.1) is 23.1 Å². The number of hydrogen-bond acceptors (Lipinski definition) is 21. The van der Waals surface area contributed by atoms with E-state index in [1.54, 1.807) is 29.8 Å². The highest BCUT2D eigenvalue weighted by Crippen LogP contribution is 2.46. The van der Waals surface area contributed by atoms with Crippen molar-refractivity contribution < 1.29 is 73.3 Å². The van der Waals surface area contributed by atoms with E-state index in [2.05, 4.69) is 59.6 Å². The van der Waals surface area contributed by atoms with Crippen LogP contribution in [0.5, 0.6) is 11.5 Å². The summed E-state index contributed by atoms with van der Waals surface area (Å²) in [5.74, 6) is -1.17. The molecule has 0 saturated carbocycles. The molecule has 7 aliphatic rings. The number of fused-ring (bicyclic) bond motifs is 6. The van der Waals surface area contributed by atoms with Crippen molar-refractivity contribution in [1.82, 2.24) is 44.8 Å². The summed E-state index contributed by atoms with van der Waals surface area (Å²) in [6, 6.07) is 28.5. The molecule has 7 heterocycles. The highest BCUT2D eigenvalue weighted by molar-refractivity contribution is 7.99. The lowest BCUT2D eigenvalue weighted by atomic mass is 9.71. The molecule has 32 heteroatoms. The van der Waals surface area contributed by atoms with Crippen molar-refractivity contribution in [3.63, 3.8) is 0 Å². The van der Waals surface area contributed by atoms with Crippen molar-refractivity contribution in [3.05, 3.63) is 148 Å². The number of aliphatic hydroxyl groups excluding tert-OH is 1. The number of ether oxygens (including phenoxy) is 3. The fraction of sp³-hybridized carbons (Fsp3) is 0.518. The second-order valence-corrected chi connectivity index (χ2v) is 38.6. The molecular formula is C83H103ClF3N11O13S4. The molecule has 5 N–H and O–H groups in total. The van der Waals surface area contributed by atoms with E-state index in [4.69, 9.17) is 25.8 Å². The summed E-state index contributed by atoms with van der Waals surface area (Å²) >= 11 is 9.40. The minimum Gasteiger partial charge on any atom is -0.489 e. The minimum atomic E-state index is -6.13. The number of piperazine rings is 2. The van der Waals surface area contributed by atoms with Crippen molar-refractivity contribution in [3.8, 4) is 21.9 Å². The molecule has 620 valence electrons. The Labute approximate surface area is 684 Å². The largest absolute Gasteiger partial charge is 0.501 e. The number of benzene rings is 5. The molecule has 6 aliphatic heterocycles. The van der Waals surface area contributed by atoms with Gasteiger partial charge in [-0.05, 0) is 146 Å². The second-order valence-electron chi connectivity index (χ2n) is 32.6. The number of sulfone groups is 1. The molecule has 1 aliphatic carbocycles. The van der Waals surface area contributed by atoms with Crippen LogP contribution in [-0.4, -0.2) is 228 Å². The van der Waals surface area contributed by atoms with Gasteiger partial charge in [-0.3, -0.25) is 38.7 Å². The Morgan fingerprint density at radius 2 is 1.55 bits per heavy atom. The van der Waals surface area contributed by atoms with Gasteiger partial charge in [0.25, 0.3) is 25.8 Å². The number of aliphatic hydroxyl groups is 1. The van der Waals surface area contributed by atoms with Crippen LogP contribution in [0.1, 0.15) is 138 Å². The lowest BCUT2D eigenvalue weighted by molar-refractivity contribution is -0.141. The van der Waals surface area contributed by atoms with Gasteiger partial charge in [-0.1, -0.05) is 94.1 Å². The van der Waals surface area contributed by atoms with Crippen LogP contribution >= 0.6 is 34.7 Å². The zero-order valence-corrected chi connectivity index (χ0v) is 69.6. The lowest BCUT2D eigenvalue weighted by Gasteiger charge is -2.47. The van der Waals surface area contributed by atoms with Gasteiger partial charge in [0.1, 0.15) is 41.8 Å². The van der Waals surface area contributed by atoms with Gasteiger partial charge >= 0.3 is 5.51 Å². The summed E-state index contributed by atoms with van der Waals surface area (Å²) in [4.78, 5) is 86.2. The Bertz CT molecular complexity index is 4770. The number of hydrogen-bond donors (Lipinski definition) is 5. The molecular weight excluding hydrogens is 1580 g/mol. The van der Waals surface area contributed by atoms with Crippen molar-refractivity contribution in [1.29, 1.82) is 0 Å². The number of sulfonamides is 1. The number of amides is 5. The van der Waals surface area contributed by atoms with Crippen LogP contribution in [-0.2, 0) is 50.4 Å². The van der Waals surface area contributed by atoms with Crippen LogP contribution in [0.15, 0.2) is 135 Å². The molecule has 115 heavy (non-hydrogen) atoms. The SMILES string of the molecule is C[C@@H](C(=O)N[C@@H]1C[C@@H](O)CN1C(=O)[C@@H](NC(=O)CCCCCCC(=O)N1CCN(C[C@]2(C)CCC(c3ccc(Cl)cc3)=C(CN3CCN4c5ccc(C(=O)NS(=O)(=O)c6ccc(N[C@H](CCN7CCOCC7)CSc7ccccc7)c(S(=O)(=O)C(F)(F)F)c6)cc5OC[C@@H]4C3)C2)CC1)C(C)(C)C)c1ccc2c(c1)OCc1ncsc1-2. The molecule has 13 rings (SSSR count). The summed E-state index contributed by atoms with van der Waals surface area (Å²) in [5, 5.41) is 20.5. The Balaban J connectivity index is 0.562. The molecule has 6 aromatic rings. The second kappa shape index (κ2) is 36.6. The van der Waals surface area contributed by atoms with Crippen LogP contribution in [0.25, 0.3) is 16.0 Å². The van der Waals surface area contributed by atoms with E-state index in [-0.39, 0.29) is 66.6 Å². The number of carbonyl (C=O) groups is 5. The Kier molecular flexibility index (Phi) is 27.0. The number of rotatable bonds is 29. The van der Waals surface area contributed by atoms with E-state index in [1.165, 1.54) is 39.9 Å². The zero-order chi connectivity index (χ0) is 81.6. The first-order chi connectivity index (χ1) is 54.8. The minimum absolute atomic E-state index is 0.0126. The van der Waals surface area contributed by atoms with E-state index >= 15 is 0 Å². The molecule has 0 spiro atoms. The average Bonchev–Trinajstić information content (AvgIpc) is 1.53. The number of aromatic nitrogens is 1. The lowest BCUT2D eigenvalue weighted by Crippen LogP contribution is -2.58. The number of unbranched alkanes of at least 4 members (excludes halogenated alkanes) is 3. The molecule has 24 nitrogen and oxygen atoms in total. The van der Waals surface area contributed by atoms with Gasteiger partial charge in [-0.2, -0.15) is 13.2 Å². The summed E-state index contributed by atoms with van der Waals surface area (Å²) in [6.07, 6.45) is 5.01. The van der Waals surface area contributed by atoms with Crippen LogP contribution in [0.2, 0.25) is 5.02 Å². The molecule has 7 atom stereocenters. The van der Waals surface area contributed by atoms with E-state index in [9.17, 15) is 59.1 Å². The van der Waals surface area contributed by atoms with E-state index in [0.717, 1.165) is 103 Å². The monoisotopic (exact) mass is 1680 g/mol. The molecule has 0 unspecified atom stereocenters. The van der Waals surface area contributed by atoms with Gasteiger partial charge in [-0.25, -0.2) is 26.5 Å². The van der Waals surface area contributed by atoms with Gasteiger partial charge in [0.15, 0.2) is 0 Å². The van der Waals surface area contributed by atoms with Crippen molar-refractivity contribution in [2.24, 2.45) is 10.8 Å². The number of allylic oxidation sites excluding steroid dienone is 1. The smallest absolute Gasteiger partial charge is 0.489 e. The van der Waals surface area contributed by atoms with Gasteiger partial charge in [0.05, 0.1) is 63.6 Å². The van der Waals surface area contributed by atoms with E-state index in [0.29, 0.717) is 132 Å². The quantitative estimate of drug-likeness (QED) is 0.0215.